The van der Waals surface area contributed by atoms with E-state index in [1.165, 1.54) is 12.1 Å². The normalized spacial score (nSPS) is 12.0. The summed E-state index contributed by atoms with van der Waals surface area (Å²) < 4.78 is 36.9. The molecule has 0 bridgehead atoms. The van der Waals surface area contributed by atoms with Crippen molar-refractivity contribution in [3.05, 3.63) is 35.4 Å². The van der Waals surface area contributed by atoms with Gasteiger partial charge in [0.15, 0.2) is 0 Å². The molecule has 0 aromatic heterocycles. The summed E-state index contributed by atoms with van der Waals surface area (Å²) in [4.78, 5) is 4.98. The van der Waals surface area contributed by atoms with Crippen LogP contribution < -0.4 is 0 Å². The summed E-state index contributed by atoms with van der Waals surface area (Å²) in [6.07, 6.45) is 0.368. The van der Waals surface area contributed by atoms with Gasteiger partial charge in [0.1, 0.15) is 6.61 Å². The molecule has 0 unspecified atom stereocenters. The summed E-state index contributed by atoms with van der Waals surface area (Å²) in [6, 6.07) is 4.87. The van der Waals surface area contributed by atoms with E-state index in [0.717, 1.165) is 31.4 Å². The summed E-state index contributed by atoms with van der Waals surface area (Å²) in [5.74, 6) is 0. The lowest BCUT2D eigenvalue weighted by molar-refractivity contribution is -0.137. The molecule has 0 aliphatic rings. The highest BCUT2D eigenvalue weighted by molar-refractivity contribution is 5.56. The first kappa shape index (κ1) is 14.5. The van der Waals surface area contributed by atoms with Gasteiger partial charge in [0.05, 0.1) is 5.56 Å². The third-order valence-corrected chi connectivity index (χ3v) is 2.35. The van der Waals surface area contributed by atoms with Crippen LogP contribution in [0.15, 0.2) is 29.4 Å². The number of rotatable bonds is 6. The van der Waals surface area contributed by atoms with Crippen LogP contribution in [-0.4, -0.2) is 6.21 Å². The average Bonchev–Trinajstić information content (AvgIpc) is 2.33. The maximum absolute atomic E-state index is 12.3. The van der Waals surface area contributed by atoms with Gasteiger partial charge in [-0.15, -0.1) is 0 Å². The molecule has 0 radical (unpaired) electrons. The fourth-order valence-electron chi connectivity index (χ4n) is 1.30. The number of oxime groups is 1. The van der Waals surface area contributed by atoms with Crippen LogP contribution in [0.4, 0.5) is 13.2 Å². The number of alkyl halides is 3. The molecule has 0 spiro atoms. The first-order valence-electron chi connectivity index (χ1n) is 5.84. The van der Waals surface area contributed by atoms with Crippen LogP contribution >= 0.6 is 0 Å². The van der Waals surface area contributed by atoms with Gasteiger partial charge < -0.3 is 4.84 Å². The SMILES string of the molecule is CCCCC=NOCc1ccc(C(F)(F)F)cc1. The Morgan fingerprint density at radius 3 is 2.44 bits per heavy atom. The van der Waals surface area contributed by atoms with E-state index in [4.69, 9.17) is 4.84 Å². The van der Waals surface area contributed by atoms with E-state index in [0.29, 0.717) is 5.56 Å². The third-order valence-electron chi connectivity index (χ3n) is 2.35. The van der Waals surface area contributed by atoms with E-state index in [9.17, 15) is 13.2 Å². The van der Waals surface area contributed by atoms with Crippen LogP contribution in [-0.2, 0) is 17.6 Å². The predicted molar refractivity (Wildman–Crippen MR) is 64.3 cm³/mol. The molecular formula is C13H16F3NO. The lowest BCUT2D eigenvalue weighted by Crippen LogP contribution is -2.04. The van der Waals surface area contributed by atoms with Crippen LogP contribution in [0, 0.1) is 0 Å². The Balaban J connectivity index is 2.38. The van der Waals surface area contributed by atoms with Crippen molar-refractivity contribution >= 4 is 6.21 Å². The van der Waals surface area contributed by atoms with Crippen LogP contribution in [0.2, 0.25) is 0 Å². The van der Waals surface area contributed by atoms with Crippen molar-refractivity contribution in [2.75, 3.05) is 0 Å². The number of hydrogen-bond acceptors (Lipinski definition) is 2. The predicted octanol–water partition coefficient (Wildman–Crippen LogP) is 4.40. The molecule has 0 atom stereocenters. The Kier molecular flexibility index (Phi) is 5.68. The van der Waals surface area contributed by atoms with Gasteiger partial charge in [-0.05, 0) is 30.5 Å². The lowest BCUT2D eigenvalue weighted by atomic mass is 10.1. The van der Waals surface area contributed by atoms with Gasteiger partial charge in [-0.25, -0.2) is 0 Å². The fourth-order valence-corrected chi connectivity index (χ4v) is 1.30. The summed E-state index contributed by atoms with van der Waals surface area (Å²) >= 11 is 0. The van der Waals surface area contributed by atoms with Gasteiger partial charge in [0.25, 0.3) is 0 Å². The zero-order valence-electron chi connectivity index (χ0n) is 10.2. The largest absolute Gasteiger partial charge is 0.416 e. The molecule has 0 saturated heterocycles. The van der Waals surface area contributed by atoms with Crippen LogP contribution in [0.3, 0.4) is 0 Å². The zero-order valence-corrected chi connectivity index (χ0v) is 10.2. The summed E-state index contributed by atoms with van der Waals surface area (Å²) in [5, 5.41) is 3.73. The molecular weight excluding hydrogens is 243 g/mol. The third kappa shape index (κ3) is 5.21. The van der Waals surface area contributed by atoms with Gasteiger partial charge in [-0.3, -0.25) is 0 Å². The number of nitrogens with zero attached hydrogens (tertiary/aromatic N) is 1. The Labute approximate surface area is 104 Å². The summed E-state index contributed by atoms with van der Waals surface area (Å²) in [7, 11) is 0. The molecule has 1 aromatic carbocycles. The van der Waals surface area contributed by atoms with Crippen molar-refractivity contribution in [1.82, 2.24) is 0 Å². The Morgan fingerprint density at radius 1 is 1.22 bits per heavy atom. The van der Waals surface area contributed by atoms with Crippen molar-refractivity contribution in [1.29, 1.82) is 0 Å². The van der Waals surface area contributed by atoms with E-state index in [1.807, 2.05) is 0 Å². The van der Waals surface area contributed by atoms with Crippen molar-refractivity contribution < 1.29 is 18.0 Å². The minimum absolute atomic E-state index is 0.181. The number of halogens is 3. The van der Waals surface area contributed by atoms with Crippen LogP contribution in [0.5, 0.6) is 0 Å². The van der Waals surface area contributed by atoms with Crippen molar-refractivity contribution in [2.45, 2.75) is 39.0 Å². The van der Waals surface area contributed by atoms with Gasteiger partial charge in [0.2, 0.25) is 0 Å². The van der Waals surface area contributed by atoms with Crippen molar-refractivity contribution in [3.63, 3.8) is 0 Å². The summed E-state index contributed by atoms with van der Waals surface area (Å²) in [5.41, 5.74) is 0.00772. The highest BCUT2D eigenvalue weighted by Gasteiger charge is 2.29. The van der Waals surface area contributed by atoms with E-state index in [1.54, 1.807) is 6.21 Å². The van der Waals surface area contributed by atoms with Gasteiger partial charge >= 0.3 is 6.18 Å². The second kappa shape index (κ2) is 7.03. The van der Waals surface area contributed by atoms with Gasteiger partial charge in [0, 0.05) is 6.21 Å². The molecule has 0 aliphatic carbocycles. The lowest BCUT2D eigenvalue weighted by Gasteiger charge is -2.06. The second-order valence-corrected chi connectivity index (χ2v) is 3.90. The second-order valence-electron chi connectivity index (χ2n) is 3.90. The molecule has 5 heteroatoms. The maximum Gasteiger partial charge on any atom is 0.416 e. The number of unbranched alkanes of at least 4 members (excludes halogenated alkanes) is 2. The molecule has 1 rings (SSSR count). The monoisotopic (exact) mass is 259 g/mol. The van der Waals surface area contributed by atoms with Crippen LogP contribution in [0.25, 0.3) is 0 Å². The van der Waals surface area contributed by atoms with Gasteiger partial charge in [-0.2, -0.15) is 13.2 Å². The molecule has 100 valence electrons. The Hall–Kier alpha value is -1.52. The Bertz CT molecular complexity index is 371. The minimum atomic E-state index is -4.29. The van der Waals surface area contributed by atoms with E-state index < -0.39 is 11.7 Å². The minimum Gasteiger partial charge on any atom is -0.391 e. The highest BCUT2D eigenvalue weighted by Crippen LogP contribution is 2.29. The molecule has 1 aromatic rings. The number of hydrogen-bond donors (Lipinski definition) is 0. The Morgan fingerprint density at radius 2 is 1.89 bits per heavy atom. The molecule has 0 aliphatic heterocycles. The van der Waals surface area contributed by atoms with E-state index >= 15 is 0 Å². The molecule has 0 heterocycles. The molecule has 0 N–H and O–H groups in total. The molecule has 18 heavy (non-hydrogen) atoms. The zero-order chi connectivity index (χ0) is 13.4. The van der Waals surface area contributed by atoms with Crippen LogP contribution in [0.1, 0.15) is 37.3 Å². The van der Waals surface area contributed by atoms with Gasteiger partial charge in [-0.1, -0.05) is 30.6 Å². The molecule has 0 saturated carbocycles. The maximum atomic E-state index is 12.3. The number of benzene rings is 1. The standard InChI is InChI=1S/C13H16F3NO/c1-2-3-4-9-17-18-10-11-5-7-12(8-6-11)13(14,15)16/h5-9H,2-4,10H2,1H3. The molecule has 0 amide bonds. The first-order valence-corrected chi connectivity index (χ1v) is 5.84. The highest BCUT2D eigenvalue weighted by atomic mass is 19.4. The molecule has 0 fully saturated rings. The quantitative estimate of drug-likeness (QED) is 0.421. The smallest absolute Gasteiger partial charge is 0.391 e. The summed E-state index contributed by atoms with van der Waals surface area (Å²) in [6.45, 7) is 2.26. The van der Waals surface area contributed by atoms with Crippen molar-refractivity contribution in [3.8, 4) is 0 Å². The van der Waals surface area contributed by atoms with E-state index in [2.05, 4.69) is 12.1 Å². The van der Waals surface area contributed by atoms with Crippen molar-refractivity contribution in [2.24, 2.45) is 5.16 Å². The fraction of sp³-hybridized carbons (Fsp3) is 0.462. The average molecular weight is 259 g/mol. The first-order chi connectivity index (χ1) is 8.54. The van der Waals surface area contributed by atoms with E-state index in [-0.39, 0.29) is 6.61 Å². The topological polar surface area (TPSA) is 21.6 Å². The molecule has 2 nitrogen and oxygen atoms in total.